The molecule has 0 heterocycles. The molecule has 0 saturated heterocycles. The van der Waals surface area contributed by atoms with Crippen LogP contribution in [0.3, 0.4) is 0 Å². The minimum Gasteiger partial charge on any atom is -0.316 e. The van der Waals surface area contributed by atoms with E-state index in [0.29, 0.717) is 18.1 Å². The second-order valence-electron chi connectivity index (χ2n) is 4.84. The summed E-state index contributed by atoms with van der Waals surface area (Å²) in [5.74, 6) is 0. The van der Waals surface area contributed by atoms with Crippen LogP contribution in [0.1, 0.15) is 12.0 Å². The first-order valence-electron chi connectivity index (χ1n) is 6.44. The molecule has 2 N–H and O–H groups in total. The van der Waals surface area contributed by atoms with Crippen molar-refractivity contribution in [1.82, 2.24) is 14.9 Å². The molecule has 0 aliphatic rings. The Morgan fingerprint density at radius 3 is 2.55 bits per heavy atom. The molecule has 0 saturated carbocycles. The predicted molar refractivity (Wildman–Crippen MR) is 82.6 cm³/mol. The molecule has 20 heavy (non-hydrogen) atoms. The second-order valence-corrected chi connectivity index (χ2v) is 7.01. The Labute approximate surface area is 126 Å². The van der Waals surface area contributed by atoms with Crippen molar-refractivity contribution in [3.8, 4) is 0 Å². The lowest BCUT2D eigenvalue weighted by Crippen LogP contribution is -2.27. The van der Waals surface area contributed by atoms with Crippen molar-refractivity contribution in [2.45, 2.75) is 17.9 Å². The minimum absolute atomic E-state index is 0.201. The van der Waals surface area contributed by atoms with Crippen LogP contribution in [-0.2, 0) is 16.6 Å². The molecular weight excluding hydrogens is 298 g/mol. The van der Waals surface area contributed by atoms with E-state index in [1.807, 2.05) is 26.0 Å². The normalized spacial score (nSPS) is 12.1. The fourth-order valence-corrected chi connectivity index (χ4v) is 3.13. The molecule has 0 bridgehead atoms. The predicted octanol–water partition coefficient (Wildman–Crippen LogP) is 1.29. The SMILES string of the molecule is CNCc1ccc(S(=O)(=O)NCCCN(C)C)cc1Cl. The zero-order valence-corrected chi connectivity index (χ0v) is 13.7. The van der Waals surface area contributed by atoms with Crippen LogP contribution >= 0.6 is 11.6 Å². The lowest BCUT2D eigenvalue weighted by Gasteiger charge is -2.11. The average molecular weight is 320 g/mol. The van der Waals surface area contributed by atoms with Gasteiger partial charge in [-0.1, -0.05) is 17.7 Å². The summed E-state index contributed by atoms with van der Waals surface area (Å²) >= 11 is 6.08. The number of benzene rings is 1. The maximum absolute atomic E-state index is 12.1. The van der Waals surface area contributed by atoms with E-state index in [0.717, 1.165) is 18.5 Å². The summed E-state index contributed by atoms with van der Waals surface area (Å²) in [4.78, 5) is 2.21. The van der Waals surface area contributed by atoms with E-state index >= 15 is 0 Å². The van der Waals surface area contributed by atoms with Gasteiger partial charge in [-0.25, -0.2) is 13.1 Å². The van der Waals surface area contributed by atoms with Crippen molar-refractivity contribution < 1.29 is 8.42 Å². The van der Waals surface area contributed by atoms with Crippen LogP contribution in [0.2, 0.25) is 5.02 Å². The number of halogens is 1. The molecule has 1 rings (SSSR count). The Hall–Kier alpha value is -0.660. The maximum Gasteiger partial charge on any atom is 0.240 e. The van der Waals surface area contributed by atoms with Gasteiger partial charge in [0, 0.05) is 18.1 Å². The number of nitrogens with one attached hydrogen (secondary N) is 2. The molecule has 0 aliphatic carbocycles. The van der Waals surface area contributed by atoms with E-state index in [9.17, 15) is 8.42 Å². The van der Waals surface area contributed by atoms with Gasteiger partial charge < -0.3 is 10.2 Å². The van der Waals surface area contributed by atoms with Crippen molar-refractivity contribution >= 4 is 21.6 Å². The lowest BCUT2D eigenvalue weighted by atomic mass is 10.2. The van der Waals surface area contributed by atoms with Crippen molar-refractivity contribution in [3.63, 3.8) is 0 Å². The number of nitrogens with zero attached hydrogens (tertiary/aromatic N) is 1. The summed E-state index contributed by atoms with van der Waals surface area (Å²) in [5, 5.41) is 3.44. The van der Waals surface area contributed by atoms with Crippen molar-refractivity contribution in [3.05, 3.63) is 28.8 Å². The number of hydrogen-bond donors (Lipinski definition) is 2. The summed E-state index contributed by atoms with van der Waals surface area (Å²) in [6.07, 6.45) is 0.762. The van der Waals surface area contributed by atoms with E-state index in [4.69, 9.17) is 11.6 Å². The molecule has 0 radical (unpaired) electrons. The Morgan fingerprint density at radius 2 is 2.00 bits per heavy atom. The number of hydrogen-bond acceptors (Lipinski definition) is 4. The summed E-state index contributed by atoms with van der Waals surface area (Å²) < 4.78 is 26.8. The molecule has 0 spiro atoms. The third-order valence-electron chi connectivity index (χ3n) is 2.78. The first-order valence-corrected chi connectivity index (χ1v) is 8.30. The van der Waals surface area contributed by atoms with E-state index in [1.54, 1.807) is 12.1 Å². The molecule has 0 aliphatic heterocycles. The summed E-state index contributed by atoms with van der Waals surface area (Å²) in [6.45, 7) is 1.86. The minimum atomic E-state index is -3.49. The van der Waals surface area contributed by atoms with Crippen molar-refractivity contribution in [1.29, 1.82) is 0 Å². The van der Waals surface area contributed by atoms with Gasteiger partial charge >= 0.3 is 0 Å². The lowest BCUT2D eigenvalue weighted by molar-refractivity contribution is 0.400. The highest BCUT2D eigenvalue weighted by molar-refractivity contribution is 7.89. The highest BCUT2D eigenvalue weighted by Crippen LogP contribution is 2.20. The Bertz CT molecular complexity index is 532. The van der Waals surface area contributed by atoms with Crippen molar-refractivity contribution in [2.75, 3.05) is 34.2 Å². The van der Waals surface area contributed by atoms with Gasteiger partial charge in [0.15, 0.2) is 0 Å². The third-order valence-corrected chi connectivity index (χ3v) is 4.59. The van der Waals surface area contributed by atoms with Crippen LogP contribution in [-0.4, -0.2) is 47.6 Å². The fourth-order valence-electron chi connectivity index (χ4n) is 1.71. The number of sulfonamides is 1. The zero-order valence-electron chi connectivity index (χ0n) is 12.1. The monoisotopic (exact) mass is 319 g/mol. The summed E-state index contributed by atoms with van der Waals surface area (Å²) in [7, 11) is 2.23. The van der Waals surface area contributed by atoms with Gasteiger partial charge in [-0.2, -0.15) is 0 Å². The quantitative estimate of drug-likeness (QED) is 0.709. The highest BCUT2D eigenvalue weighted by atomic mass is 35.5. The van der Waals surface area contributed by atoms with Crippen LogP contribution in [0.4, 0.5) is 0 Å². The van der Waals surface area contributed by atoms with Crippen LogP contribution in [0, 0.1) is 0 Å². The number of rotatable bonds is 8. The highest BCUT2D eigenvalue weighted by Gasteiger charge is 2.14. The Kier molecular flexibility index (Phi) is 6.91. The topological polar surface area (TPSA) is 61.4 Å². The third kappa shape index (κ3) is 5.38. The molecule has 1 aromatic carbocycles. The molecule has 5 nitrogen and oxygen atoms in total. The van der Waals surface area contributed by atoms with Gasteiger partial charge in [0.1, 0.15) is 0 Å². The van der Waals surface area contributed by atoms with Crippen LogP contribution in [0.5, 0.6) is 0 Å². The first-order chi connectivity index (χ1) is 9.36. The van der Waals surface area contributed by atoms with E-state index in [2.05, 4.69) is 10.0 Å². The van der Waals surface area contributed by atoms with Gasteiger partial charge in [-0.15, -0.1) is 0 Å². The summed E-state index contributed by atoms with van der Waals surface area (Å²) in [6, 6.07) is 4.79. The molecule has 1 aromatic rings. The maximum atomic E-state index is 12.1. The molecule has 7 heteroatoms. The van der Waals surface area contributed by atoms with Crippen molar-refractivity contribution in [2.24, 2.45) is 0 Å². The molecule has 0 unspecified atom stereocenters. The molecule has 114 valence electrons. The van der Waals surface area contributed by atoms with Gasteiger partial charge in [-0.05, 0) is 51.8 Å². The van der Waals surface area contributed by atoms with Gasteiger partial charge in [0.2, 0.25) is 10.0 Å². The van der Waals surface area contributed by atoms with Crippen LogP contribution in [0.25, 0.3) is 0 Å². The standard InChI is InChI=1S/C13H22ClN3O2S/c1-15-10-11-5-6-12(9-13(11)14)20(18,19)16-7-4-8-17(2)3/h5-6,9,15-16H,4,7-8,10H2,1-3H3. The zero-order chi connectivity index (χ0) is 15.2. The van der Waals surface area contributed by atoms with Gasteiger partial charge in [-0.3, -0.25) is 0 Å². The van der Waals surface area contributed by atoms with E-state index in [-0.39, 0.29) is 4.90 Å². The molecule has 0 fully saturated rings. The smallest absolute Gasteiger partial charge is 0.240 e. The molecule has 0 amide bonds. The van der Waals surface area contributed by atoms with Crippen LogP contribution in [0.15, 0.2) is 23.1 Å². The summed E-state index contributed by atoms with van der Waals surface area (Å²) in [5.41, 5.74) is 0.876. The van der Waals surface area contributed by atoms with E-state index in [1.165, 1.54) is 6.07 Å². The Balaban J connectivity index is 2.70. The van der Waals surface area contributed by atoms with Crippen LogP contribution < -0.4 is 10.0 Å². The molecule has 0 atom stereocenters. The van der Waals surface area contributed by atoms with Gasteiger partial charge in [0.25, 0.3) is 0 Å². The molecular formula is C13H22ClN3O2S. The molecule has 0 aromatic heterocycles. The average Bonchev–Trinajstić information content (AvgIpc) is 2.37. The van der Waals surface area contributed by atoms with Gasteiger partial charge in [0.05, 0.1) is 4.90 Å². The second kappa shape index (κ2) is 7.95. The first kappa shape index (κ1) is 17.4. The largest absolute Gasteiger partial charge is 0.316 e. The van der Waals surface area contributed by atoms with E-state index < -0.39 is 10.0 Å². The fraction of sp³-hybridized carbons (Fsp3) is 0.538. The Morgan fingerprint density at radius 1 is 1.30 bits per heavy atom.